The van der Waals surface area contributed by atoms with Gasteiger partial charge in [0.15, 0.2) is 0 Å². The Kier molecular flexibility index (Phi) is 5.00. The molecule has 0 spiro atoms. The van der Waals surface area contributed by atoms with Gasteiger partial charge in [0.25, 0.3) is 5.91 Å². The number of rotatable bonds is 5. The molecular weight excluding hydrogens is 308 g/mol. The van der Waals surface area contributed by atoms with Crippen LogP contribution >= 0.6 is 11.8 Å². The summed E-state index contributed by atoms with van der Waals surface area (Å²) >= 11 is 1.73. The maximum atomic E-state index is 12.0. The quantitative estimate of drug-likeness (QED) is 0.583. The van der Waals surface area contributed by atoms with Gasteiger partial charge in [0.05, 0.1) is 0 Å². The molecule has 120 valence electrons. The molecule has 2 aromatic rings. The van der Waals surface area contributed by atoms with Crippen molar-refractivity contribution in [3.63, 3.8) is 0 Å². The van der Waals surface area contributed by atoms with Gasteiger partial charge in [0.2, 0.25) is 0 Å². The van der Waals surface area contributed by atoms with E-state index in [2.05, 4.69) is 41.7 Å². The number of hydrogen-bond donors (Lipinski definition) is 3. The molecule has 0 bridgehead atoms. The predicted molar refractivity (Wildman–Crippen MR) is 93.3 cm³/mol. The molecule has 3 rings (SSSR count). The molecule has 0 radical (unpaired) electrons. The van der Waals surface area contributed by atoms with Crippen LogP contribution in [0.5, 0.6) is 0 Å². The van der Waals surface area contributed by atoms with Gasteiger partial charge in [-0.05, 0) is 28.9 Å². The fourth-order valence-electron chi connectivity index (χ4n) is 2.79. The molecule has 4 nitrogen and oxygen atoms in total. The third-order valence-electron chi connectivity index (χ3n) is 4.25. The summed E-state index contributed by atoms with van der Waals surface area (Å²) in [5.41, 5.74) is 4.61. The van der Waals surface area contributed by atoms with E-state index in [9.17, 15) is 4.79 Å². The molecule has 5 heteroatoms. The zero-order valence-corrected chi connectivity index (χ0v) is 13.6. The molecule has 1 fully saturated rings. The van der Waals surface area contributed by atoms with E-state index in [0.29, 0.717) is 12.3 Å². The highest BCUT2D eigenvalue weighted by Crippen LogP contribution is 2.28. The number of amides is 1. The number of hydroxylamine groups is 1. The second kappa shape index (κ2) is 7.17. The highest BCUT2D eigenvalue weighted by atomic mass is 32.2. The van der Waals surface area contributed by atoms with Crippen LogP contribution in [0.15, 0.2) is 54.6 Å². The number of carbonyl (C=O) groups excluding carboxylic acids is 1. The third-order valence-corrected chi connectivity index (χ3v) is 5.44. The van der Waals surface area contributed by atoms with Crippen LogP contribution in [-0.4, -0.2) is 28.2 Å². The Morgan fingerprint density at radius 1 is 1.09 bits per heavy atom. The first-order valence-electron chi connectivity index (χ1n) is 7.65. The molecule has 1 aliphatic rings. The molecule has 1 amide bonds. The average molecular weight is 328 g/mol. The van der Waals surface area contributed by atoms with Crippen LogP contribution in [0.3, 0.4) is 0 Å². The largest absolute Gasteiger partial charge is 0.298 e. The fourth-order valence-corrected chi connectivity index (χ4v) is 4.15. The van der Waals surface area contributed by atoms with Crippen LogP contribution in [0.4, 0.5) is 0 Å². The molecule has 3 N–H and O–H groups in total. The zero-order valence-electron chi connectivity index (χ0n) is 12.8. The monoisotopic (exact) mass is 328 g/mol. The topological polar surface area (TPSA) is 61.4 Å². The van der Waals surface area contributed by atoms with E-state index >= 15 is 0 Å². The van der Waals surface area contributed by atoms with Gasteiger partial charge in [0.1, 0.15) is 5.54 Å². The van der Waals surface area contributed by atoms with Gasteiger partial charge in [-0.1, -0.05) is 54.6 Å². The van der Waals surface area contributed by atoms with Crippen molar-refractivity contribution >= 4 is 17.7 Å². The Labute approximate surface area is 140 Å². The summed E-state index contributed by atoms with van der Waals surface area (Å²) in [4.78, 5) is 12.0. The average Bonchev–Trinajstić information content (AvgIpc) is 3.11. The van der Waals surface area contributed by atoms with Crippen molar-refractivity contribution in [2.75, 3.05) is 11.5 Å². The van der Waals surface area contributed by atoms with Crippen molar-refractivity contribution in [3.05, 3.63) is 60.2 Å². The zero-order chi connectivity index (χ0) is 16.1. The SMILES string of the molecule is O=C(NO)C1(NCc2ccc(-c3ccccc3)cc2)CCSC1. The smallest absolute Gasteiger partial charge is 0.264 e. The number of nitrogens with one attached hydrogen (secondary N) is 2. The van der Waals surface area contributed by atoms with Crippen LogP contribution in [-0.2, 0) is 11.3 Å². The lowest BCUT2D eigenvalue weighted by atomic mass is 9.97. The first-order valence-corrected chi connectivity index (χ1v) is 8.81. The summed E-state index contributed by atoms with van der Waals surface area (Å²) in [5.74, 6) is 1.26. The summed E-state index contributed by atoms with van der Waals surface area (Å²) in [6.45, 7) is 0.600. The van der Waals surface area contributed by atoms with Gasteiger partial charge in [-0.3, -0.25) is 15.3 Å². The highest BCUT2D eigenvalue weighted by Gasteiger charge is 2.41. The van der Waals surface area contributed by atoms with E-state index in [1.54, 1.807) is 17.2 Å². The number of thioether (sulfide) groups is 1. The summed E-state index contributed by atoms with van der Waals surface area (Å²) in [6, 6.07) is 18.6. The second-order valence-corrected chi connectivity index (χ2v) is 6.85. The van der Waals surface area contributed by atoms with Crippen molar-refractivity contribution < 1.29 is 10.0 Å². The van der Waals surface area contributed by atoms with Crippen molar-refractivity contribution in [2.45, 2.75) is 18.5 Å². The maximum Gasteiger partial charge on any atom is 0.264 e. The van der Waals surface area contributed by atoms with Crippen molar-refractivity contribution in [1.29, 1.82) is 0 Å². The van der Waals surface area contributed by atoms with Gasteiger partial charge in [-0.25, -0.2) is 5.48 Å². The molecular formula is C18H20N2O2S. The lowest BCUT2D eigenvalue weighted by Gasteiger charge is -2.27. The molecule has 1 aliphatic heterocycles. The molecule has 0 aromatic heterocycles. The maximum absolute atomic E-state index is 12.0. The molecule has 1 saturated heterocycles. The van der Waals surface area contributed by atoms with Crippen LogP contribution in [0.1, 0.15) is 12.0 Å². The Bertz CT molecular complexity index is 652. The van der Waals surface area contributed by atoms with E-state index in [1.165, 1.54) is 11.1 Å². The normalized spacial score (nSPS) is 20.4. The molecule has 2 aromatic carbocycles. The lowest BCUT2D eigenvalue weighted by Crippen LogP contribution is -2.56. The summed E-state index contributed by atoms with van der Waals surface area (Å²) in [7, 11) is 0. The Morgan fingerprint density at radius 3 is 2.39 bits per heavy atom. The number of carbonyl (C=O) groups is 1. The van der Waals surface area contributed by atoms with Gasteiger partial charge in [-0.15, -0.1) is 0 Å². The van der Waals surface area contributed by atoms with Crippen molar-refractivity contribution in [2.24, 2.45) is 0 Å². The molecule has 1 unspecified atom stereocenters. The van der Waals surface area contributed by atoms with E-state index in [4.69, 9.17) is 5.21 Å². The van der Waals surface area contributed by atoms with Crippen LogP contribution < -0.4 is 10.8 Å². The molecule has 23 heavy (non-hydrogen) atoms. The van der Waals surface area contributed by atoms with E-state index in [0.717, 1.165) is 17.7 Å². The summed E-state index contributed by atoms with van der Waals surface area (Å²) < 4.78 is 0. The van der Waals surface area contributed by atoms with Gasteiger partial charge in [-0.2, -0.15) is 11.8 Å². The van der Waals surface area contributed by atoms with Crippen LogP contribution in [0.2, 0.25) is 0 Å². The highest BCUT2D eigenvalue weighted by molar-refractivity contribution is 7.99. The predicted octanol–water partition coefficient (Wildman–Crippen LogP) is 2.82. The minimum absolute atomic E-state index is 0.344. The van der Waals surface area contributed by atoms with Gasteiger partial charge >= 0.3 is 0 Å². The first kappa shape index (κ1) is 16.1. The minimum atomic E-state index is -0.669. The minimum Gasteiger partial charge on any atom is -0.298 e. The lowest BCUT2D eigenvalue weighted by molar-refractivity contribution is -0.135. The van der Waals surface area contributed by atoms with Crippen molar-refractivity contribution in [3.8, 4) is 11.1 Å². The van der Waals surface area contributed by atoms with E-state index in [1.807, 2.05) is 18.2 Å². The first-order chi connectivity index (χ1) is 11.2. The Balaban J connectivity index is 1.68. The third kappa shape index (κ3) is 3.58. The van der Waals surface area contributed by atoms with E-state index < -0.39 is 5.54 Å². The van der Waals surface area contributed by atoms with Gasteiger partial charge < -0.3 is 0 Å². The standard InChI is InChI=1S/C18H20N2O2S/c21-17(20-22)18(10-11-23-13-18)19-12-14-6-8-16(9-7-14)15-4-2-1-3-5-15/h1-9,19,22H,10-13H2,(H,20,21). The molecule has 0 saturated carbocycles. The molecule has 0 aliphatic carbocycles. The van der Waals surface area contributed by atoms with Crippen LogP contribution in [0.25, 0.3) is 11.1 Å². The number of benzene rings is 2. The molecule has 1 atom stereocenters. The Morgan fingerprint density at radius 2 is 1.78 bits per heavy atom. The van der Waals surface area contributed by atoms with Crippen LogP contribution in [0, 0.1) is 0 Å². The second-order valence-electron chi connectivity index (χ2n) is 5.74. The van der Waals surface area contributed by atoms with Gasteiger partial charge in [0, 0.05) is 12.3 Å². The summed E-state index contributed by atoms with van der Waals surface area (Å²) in [6.07, 6.45) is 0.728. The Hall–Kier alpha value is -1.82. The molecule has 1 heterocycles. The fraction of sp³-hybridized carbons (Fsp3) is 0.278. The van der Waals surface area contributed by atoms with Crippen molar-refractivity contribution in [1.82, 2.24) is 10.8 Å². The summed E-state index contributed by atoms with van der Waals surface area (Å²) in [5, 5.41) is 12.3. The van der Waals surface area contributed by atoms with E-state index in [-0.39, 0.29) is 5.91 Å². The number of hydrogen-bond acceptors (Lipinski definition) is 4.